The first-order valence-electron chi connectivity index (χ1n) is 4.87. The Morgan fingerprint density at radius 3 is 2.76 bits per heavy atom. The number of nitro benzene ring substituents is 1. The minimum Gasteiger partial charge on any atom is -0.298 e. The zero-order chi connectivity index (χ0) is 12.4. The molecule has 2 aromatic rings. The molecule has 0 aliphatic carbocycles. The van der Waals surface area contributed by atoms with E-state index in [1.54, 1.807) is 23.9 Å². The number of hydrogen-bond acceptors (Lipinski definition) is 4. The van der Waals surface area contributed by atoms with Crippen molar-refractivity contribution in [1.29, 1.82) is 0 Å². The summed E-state index contributed by atoms with van der Waals surface area (Å²) >= 11 is 0. The molecule has 1 aromatic heterocycles. The molecule has 17 heavy (non-hydrogen) atoms. The van der Waals surface area contributed by atoms with E-state index in [0.29, 0.717) is 17.8 Å². The Kier molecular flexibility index (Phi) is 2.70. The van der Waals surface area contributed by atoms with E-state index >= 15 is 0 Å². The molecule has 0 bridgehead atoms. The summed E-state index contributed by atoms with van der Waals surface area (Å²) < 4.78 is 1.60. The molecule has 1 aromatic carbocycles. The van der Waals surface area contributed by atoms with Gasteiger partial charge < -0.3 is 0 Å². The highest BCUT2D eigenvalue weighted by Gasteiger charge is 2.16. The van der Waals surface area contributed by atoms with Crippen LogP contribution in [0.3, 0.4) is 0 Å². The molecule has 0 unspecified atom stereocenters. The van der Waals surface area contributed by atoms with Crippen LogP contribution in [-0.2, 0) is 0 Å². The number of nitro groups is 1. The van der Waals surface area contributed by atoms with Gasteiger partial charge >= 0.3 is 0 Å². The minimum atomic E-state index is -0.512. The number of carbonyl (C=O) groups excluding carboxylic acids is 1. The number of rotatable bonds is 3. The first-order valence-corrected chi connectivity index (χ1v) is 4.87. The smallest absolute Gasteiger partial charge is 0.293 e. The topological polar surface area (TPSA) is 78.0 Å². The van der Waals surface area contributed by atoms with E-state index in [1.807, 2.05) is 0 Å². The first kappa shape index (κ1) is 11.0. The van der Waals surface area contributed by atoms with Crippen molar-refractivity contribution >= 4 is 12.0 Å². The van der Waals surface area contributed by atoms with Crippen LogP contribution in [0.25, 0.3) is 5.69 Å². The van der Waals surface area contributed by atoms with Crippen LogP contribution in [0.4, 0.5) is 5.69 Å². The van der Waals surface area contributed by atoms with Gasteiger partial charge in [0.25, 0.3) is 5.69 Å². The minimum absolute atomic E-state index is 0.115. The van der Waals surface area contributed by atoms with Crippen LogP contribution in [0, 0.1) is 17.0 Å². The molecular weight excluding hydrogens is 222 g/mol. The molecule has 86 valence electrons. The highest BCUT2D eigenvalue weighted by Crippen LogP contribution is 2.24. The van der Waals surface area contributed by atoms with Gasteiger partial charge in [0.1, 0.15) is 17.8 Å². The zero-order valence-electron chi connectivity index (χ0n) is 9.03. The third kappa shape index (κ3) is 1.92. The summed E-state index contributed by atoms with van der Waals surface area (Å²) in [5.41, 5.74) is 0.560. The van der Waals surface area contributed by atoms with Gasteiger partial charge in [0.15, 0.2) is 0 Å². The molecule has 0 amide bonds. The average molecular weight is 231 g/mol. The van der Waals surface area contributed by atoms with Crippen LogP contribution in [0.2, 0.25) is 0 Å². The summed E-state index contributed by atoms with van der Waals surface area (Å²) in [4.78, 5) is 25.1. The maximum atomic E-state index is 11.0. The second-order valence-electron chi connectivity index (χ2n) is 3.47. The van der Waals surface area contributed by atoms with Gasteiger partial charge in [-0.25, -0.2) is 4.98 Å². The summed E-state index contributed by atoms with van der Waals surface area (Å²) in [6.07, 6.45) is 3.78. The second-order valence-corrected chi connectivity index (χ2v) is 3.47. The fourth-order valence-electron chi connectivity index (χ4n) is 1.60. The molecule has 0 saturated heterocycles. The van der Waals surface area contributed by atoms with E-state index in [9.17, 15) is 14.9 Å². The lowest BCUT2D eigenvalue weighted by atomic mass is 10.2. The Labute approximate surface area is 96.7 Å². The van der Waals surface area contributed by atoms with E-state index in [0.717, 1.165) is 0 Å². The Balaban J connectivity index is 2.66. The lowest BCUT2D eigenvalue weighted by molar-refractivity contribution is -0.384. The van der Waals surface area contributed by atoms with Crippen LogP contribution in [0.15, 0.2) is 30.6 Å². The number of aryl methyl sites for hydroxylation is 1. The molecule has 0 atom stereocenters. The van der Waals surface area contributed by atoms with Crippen LogP contribution >= 0.6 is 0 Å². The molecule has 0 radical (unpaired) electrons. The van der Waals surface area contributed by atoms with Crippen molar-refractivity contribution in [3.63, 3.8) is 0 Å². The van der Waals surface area contributed by atoms with Gasteiger partial charge in [-0.1, -0.05) is 0 Å². The largest absolute Gasteiger partial charge is 0.298 e. The summed E-state index contributed by atoms with van der Waals surface area (Å²) in [5, 5.41) is 11.0. The van der Waals surface area contributed by atoms with E-state index in [1.165, 1.54) is 18.2 Å². The van der Waals surface area contributed by atoms with Gasteiger partial charge in [-0.05, 0) is 19.1 Å². The monoisotopic (exact) mass is 231 g/mol. The van der Waals surface area contributed by atoms with Crippen molar-refractivity contribution in [3.05, 3.63) is 52.1 Å². The van der Waals surface area contributed by atoms with Gasteiger partial charge in [-0.3, -0.25) is 19.5 Å². The number of aromatic nitrogens is 2. The van der Waals surface area contributed by atoms with E-state index in [2.05, 4.69) is 4.98 Å². The molecule has 0 aliphatic heterocycles. The Bertz CT molecular complexity index is 589. The molecule has 1 heterocycles. The molecule has 0 spiro atoms. The number of aldehydes is 1. The van der Waals surface area contributed by atoms with E-state index < -0.39 is 4.92 Å². The molecule has 6 nitrogen and oxygen atoms in total. The van der Waals surface area contributed by atoms with Gasteiger partial charge in [-0.2, -0.15) is 0 Å². The van der Waals surface area contributed by atoms with Gasteiger partial charge in [-0.15, -0.1) is 0 Å². The summed E-state index contributed by atoms with van der Waals surface area (Å²) in [6.45, 7) is 1.75. The number of hydrogen-bond donors (Lipinski definition) is 0. The van der Waals surface area contributed by atoms with Gasteiger partial charge in [0.2, 0.25) is 0 Å². The first-order chi connectivity index (χ1) is 8.13. The standard InChI is InChI=1S/C11H9N3O3/c1-8-12-4-5-13(8)10-3-2-9(7-15)6-11(10)14(16)17/h2-7H,1H3. The van der Waals surface area contributed by atoms with Crippen LogP contribution in [0.1, 0.15) is 16.2 Å². The van der Waals surface area contributed by atoms with Crippen molar-refractivity contribution in [2.24, 2.45) is 0 Å². The number of benzene rings is 1. The molecular formula is C11H9N3O3. The van der Waals surface area contributed by atoms with Gasteiger partial charge in [0, 0.05) is 24.0 Å². The molecule has 0 saturated carbocycles. The van der Waals surface area contributed by atoms with E-state index in [4.69, 9.17) is 0 Å². The maximum absolute atomic E-state index is 11.0. The third-order valence-electron chi connectivity index (χ3n) is 2.42. The number of carbonyl (C=O) groups is 1. The molecule has 0 aliphatic rings. The predicted octanol–water partition coefficient (Wildman–Crippen LogP) is 1.90. The normalized spacial score (nSPS) is 10.2. The van der Waals surface area contributed by atoms with Crippen LogP contribution < -0.4 is 0 Å². The molecule has 0 N–H and O–H groups in total. The number of imidazole rings is 1. The second kappa shape index (κ2) is 4.17. The SMILES string of the molecule is Cc1nccn1-c1ccc(C=O)cc1[N+](=O)[O-]. The fourth-order valence-corrected chi connectivity index (χ4v) is 1.60. The van der Waals surface area contributed by atoms with Crippen molar-refractivity contribution in [3.8, 4) is 5.69 Å². The van der Waals surface area contributed by atoms with Crippen molar-refractivity contribution < 1.29 is 9.72 Å². The Morgan fingerprint density at radius 2 is 2.24 bits per heavy atom. The highest BCUT2D eigenvalue weighted by atomic mass is 16.6. The average Bonchev–Trinajstić information content (AvgIpc) is 2.74. The number of nitrogens with zero attached hydrogens (tertiary/aromatic N) is 3. The van der Waals surface area contributed by atoms with Crippen LogP contribution in [-0.4, -0.2) is 20.8 Å². The molecule has 0 fully saturated rings. The Hall–Kier alpha value is -2.50. The summed E-state index contributed by atoms with van der Waals surface area (Å²) in [5.74, 6) is 0.645. The predicted molar refractivity (Wildman–Crippen MR) is 60.3 cm³/mol. The summed E-state index contributed by atoms with van der Waals surface area (Å²) in [6, 6.07) is 4.33. The molecule has 2 rings (SSSR count). The third-order valence-corrected chi connectivity index (χ3v) is 2.42. The lowest BCUT2D eigenvalue weighted by Crippen LogP contribution is -2.02. The van der Waals surface area contributed by atoms with Crippen molar-refractivity contribution in [2.75, 3.05) is 0 Å². The zero-order valence-corrected chi connectivity index (χ0v) is 9.03. The van der Waals surface area contributed by atoms with Crippen LogP contribution in [0.5, 0.6) is 0 Å². The van der Waals surface area contributed by atoms with Gasteiger partial charge in [0.05, 0.1) is 4.92 Å². The highest BCUT2D eigenvalue weighted by molar-refractivity contribution is 5.77. The van der Waals surface area contributed by atoms with E-state index in [-0.39, 0.29) is 11.3 Å². The lowest BCUT2D eigenvalue weighted by Gasteiger charge is -2.06. The Morgan fingerprint density at radius 1 is 1.47 bits per heavy atom. The fraction of sp³-hybridized carbons (Fsp3) is 0.0909. The molecule has 6 heteroatoms. The quantitative estimate of drug-likeness (QED) is 0.459. The maximum Gasteiger partial charge on any atom is 0.293 e. The van der Waals surface area contributed by atoms with Crippen molar-refractivity contribution in [1.82, 2.24) is 9.55 Å². The van der Waals surface area contributed by atoms with Crippen molar-refractivity contribution in [2.45, 2.75) is 6.92 Å². The summed E-state index contributed by atoms with van der Waals surface area (Å²) in [7, 11) is 0.